The van der Waals surface area contributed by atoms with E-state index in [1.54, 1.807) is 0 Å². The summed E-state index contributed by atoms with van der Waals surface area (Å²) in [5.41, 5.74) is 18.7. The van der Waals surface area contributed by atoms with Gasteiger partial charge in [-0.05, 0) is 98.1 Å². The molecule has 4 atom stereocenters. The maximum Gasteiger partial charge on any atom is 0.0864 e. The van der Waals surface area contributed by atoms with Gasteiger partial charge in [0, 0.05) is 32.9 Å². The minimum atomic E-state index is -0.0774. The van der Waals surface area contributed by atoms with Gasteiger partial charge in [-0.3, -0.25) is 31.9 Å². The molecule has 2 aliphatic heterocycles. The first-order valence-corrected chi connectivity index (χ1v) is 27.8. The highest BCUT2D eigenvalue weighted by Crippen LogP contribution is 2.43. The average molecular weight is 1040 g/mol. The lowest BCUT2D eigenvalue weighted by Gasteiger charge is -2.39. The standard InChI is InChI=1S/C72H58N8/c1-5-19-49(20-6-1)67-73-68(50-21-7-2-8-22-50)76-71(75-67)53-39-35-47(36-40-53)55-27-17-29-57(45-55)79-63-34-16-14-32-61(63)65-64(79)44-43-60-59-31-13-15-33-62(59)80(66(60)65)58-30-18-28-56(46-58)48-37-41-54(42-38-48)72-77-69(51-23-9-3-10-24-51)74-70(78-72)52-25-11-4-12-26-52/h1-46,67-78H. The number of rotatable bonds is 10. The van der Waals surface area contributed by atoms with Crippen molar-refractivity contribution in [1.82, 2.24) is 41.0 Å². The Morgan fingerprint density at radius 3 is 1.00 bits per heavy atom. The molecule has 386 valence electrons. The van der Waals surface area contributed by atoms with E-state index in [4.69, 9.17) is 0 Å². The van der Waals surface area contributed by atoms with Gasteiger partial charge in [-0.15, -0.1) is 0 Å². The summed E-state index contributed by atoms with van der Waals surface area (Å²) < 4.78 is 4.95. The molecule has 6 N–H and O–H groups in total. The zero-order chi connectivity index (χ0) is 52.9. The van der Waals surface area contributed by atoms with E-state index in [1.807, 2.05) is 0 Å². The van der Waals surface area contributed by atoms with E-state index in [1.165, 1.54) is 71.5 Å². The maximum absolute atomic E-state index is 3.85. The number of aromatic nitrogens is 2. The van der Waals surface area contributed by atoms with Gasteiger partial charge in [-0.2, -0.15) is 0 Å². The molecule has 0 amide bonds. The van der Waals surface area contributed by atoms with E-state index < -0.39 is 0 Å². The summed E-state index contributed by atoms with van der Waals surface area (Å²) in [4.78, 5) is 0. The zero-order valence-corrected chi connectivity index (χ0v) is 43.9. The van der Waals surface area contributed by atoms with Crippen molar-refractivity contribution in [3.05, 3.63) is 312 Å². The van der Waals surface area contributed by atoms with E-state index in [2.05, 4.69) is 320 Å². The molecule has 4 heterocycles. The third-order valence-electron chi connectivity index (χ3n) is 16.4. The van der Waals surface area contributed by atoms with Crippen molar-refractivity contribution >= 4 is 43.6 Å². The molecule has 2 aliphatic rings. The molecule has 0 saturated carbocycles. The molecule has 2 saturated heterocycles. The quantitative estimate of drug-likeness (QED) is 0.0819. The fraction of sp³-hybridized carbons (Fsp3) is 0.0833. The normalized spacial score (nSPS) is 19.4. The molecule has 15 rings (SSSR count). The van der Waals surface area contributed by atoms with E-state index >= 15 is 0 Å². The molecular formula is C72H58N8. The van der Waals surface area contributed by atoms with Crippen molar-refractivity contribution in [2.24, 2.45) is 0 Å². The number of fused-ring (bicyclic) bond motifs is 7. The highest BCUT2D eigenvalue weighted by atomic mass is 15.4. The molecule has 0 aliphatic carbocycles. The highest BCUT2D eigenvalue weighted by molar-refractivity contribution is 6.26. The Morgan fingerprint density at radius 1 is 0.225 bits per heavy atom. The second-order valence-corrected chi connectivity index (χ2v) is 21.1. The Morgan fingerprint density at radius 2 is 0.575 bits per heavy atom. The second kappa shape index (κ2) is 20.5. The van der Waals surface area contributed by atoms with Crippen LogP contribution in [0.15, 0.2) is 279 Å². The number of hydrogen-bond acceptors (Lipinski definition) is 6. The van der Waals surface area contributed by atoms with Gasteiger partial charge in [-0.1, -0.05) is 237 Å². The fourth-order valence-electron chi connectivity index (χ4n) is 12.5. The van der Waals surface area contributed by atoms with Crippen LogP contribution < -0.4 is 31.9 Å². The Bertz CT molecular complexity index is 4230. The molecule has 0 bridgehead atoms. The van der Waals surface area contributed by atoms with Crippen LogP contribution in [0, 0.1) is 0 Å². The van der Waals surface area contributed by atoms with Crippen molar-refractivity contribution in [1.29, 1.82) is 0 Å². The molecule has 8 heteroatoms. The van der Waals surface area contributed by atoms with Crippen LogP contribution in [0.2, 0.25) is 0 Å². The number of hydrogen-bond donors (Lipinski definition) is 6. The van der Waals surface area contributed by atoms with Gasteiger partial charge in [0.05, 0.1) is 59.1 Å². The first kappa shape index (κ1) is 47.9. The van der Waals surface area contributed by atoms with Crippen LogP contribution in [0.3, 0.4) is 0 Å². The first-order valence-electron chi connectivity index (χ1n) is 27.8. The number of nitrogens with zero attached hydrogens (tertiary/aromatic N) is 2. The van der Waals surface area contributed by atoms with Crippen LogP contribution in [-0.2, 0) is 0 Å². The van der Waals surface area contributed by atoms with Gasteiger partial charge in [0.1, 0.15) is 0 Å². The lowest BCUT2D eigenvalue weighted by atomic mass is 10.0. The Labute approximate surface area is 465 Å². The van der Waals surface area contributed by atoms with Crippen LogP contribution >= 0.6 is 0 Å². The minimum Gasteiger partial charge on any atom is -0.309 e. The molecule has 13 aromatic rings. The van der Waals surface area contributed by atoms with E-state index in [0.717, 1.165) is 39.1 Å². The monoisotopic (exact) mass is 1030 g/mol. The van der Waals surface area contributed by atoms with Crippen LogP contribution in [0.5, 0.6) is 0 Å². The lowest BCUT2D eigenvalue weighted by Crippen LogP contribution is -2.54. The summed E-state index contributed by atoms with van der Waals surface area (Å²) in [6.07, 6.45) is -0.281. The molecule has 11 aromatic carbocycles. The predicted octanol–water partition coefficient (Wildman–Crippen LogP) is 15.6. The molecular weight excluding hydrogens is 977 g/mol. The van der Waals surface area contributed by atoms with Gasteiger partial charge in [0.25, 0.3) is 0 Å². The molecule has 2 fully saturated rings. The van der Waals surface area contributed by atoms with Crippen molar-refractivity contribution < 1.29 is 0 Å². The summed E-state index contributed by atoms with van der Waals surface area (Å²) in [5, 5.41) is 27.9. The highest BCUT2D eigenvalue weighted by Gasteiger charge is 2.31. The average Bonchev–Trinajstić information content (AvgIpc) is 4.12. The van der Waals surface area contributed by atoms with Crippen LogP contribution in [0.1, 0.15) is 70.4 Å². The summed E-state index contributed by atoms with van der Waals surface area (Å²) in [6.45, 7) is 0. The van der Waals surface area contributed by atoms with Gasteiger partial charge in [0.2, 0.25) is 0 Å². The molecule has 0 spiro atoms. The molecule has 4 unspecified atom stereocenters. The molecule has 80 heavy (non-hydrogen) atoms. The van der Waals surface area contributed by atoms with Gasteiger partial charge >= 0.3 is 0 Å². The number of nitrogens with one attached hydrogen (secondary N) is 6. The van der Waals surface area contributed by atoms with Crippen molar-refractivity contribution in [3.8, 4) is 33.6 Å². The first-order chi connectivity index (χ1) is 39.6. The SMILES string of the molecule is c1ccc(C2NC(c3ccccc3)NC(c3ccc(-c4cccc(-n5c6ccccc6c6c5ccc5c7ccccc7n(-c7cccc(-c8ccc(C9NC(c%10ccccc%10)NC(c%10ccccc%10)N9)cc8)c7)c56)c4)cc3)N2)cc1. The second-order valence-electron chi connectivity index (χ2n) is 21.1. The largest absolute Gasteiger partial charge is 0.309 e. The number of benzene rings is 11. The van der Waals surface area contributed by atoms with Gasteiger partial charge < -0.3 is 9.13 Å². The predicted molar refractivity (Wildman–Crippen MR) is 327 cm³/mol. The summed E-state index contributed by atoms with van der Waals surface area (Å²) in [6, 6.07) is 101. The molecule has 2 aromatic heterocycles. The van der Waals surface area contributed by atoms with Crippen molar-refractivity contribution in [2.75, 3.05) is 0 Å². The Hall–Kier alpha value is -9.22. The smallest absolute Gasteiger partial charge is 0.0864 e. The summed E-state index contributed by atoms with van der Waals surface area (Å²) >= 11 is 0. The van der Waals surface area contributed by atoms with Crippen LogP contribution in [0.4, 0.5) is 0 Å². The summed E-state index contributed by atoms with van der Waals surface area (Å²) in [5.74, 6) is 0. The lowest BCUT2D eigenvalue weighted by molar-refractivity contribution is 0.203. The minimum absolute atomic E-state index is 0.0312. The van der Waals surface area contributed by atoms with Crippen molar-refractivity contribution in [3.63, 3.8) is 0 Å². The van der Waals surface area contributed by atoms with E-state index in [0.29, 0.717) is 0 Å². The van der Waals surface area contributed by atoms with Crippen LogP contribution in [-0.4, -0.2) is 9.13 Å². The Kier molecular flexibility index (Phi) is 12.3. The van der Waals surface area contributed by atoms with Crippen molar-refractivity contribution in [2.45, 2.75) is 37.0 Å². The third-order valence-corrected chi connectivity index (χ3v) is 16.4. The number of para-hydroxylation sites is 2. The van der Waals surface area contributed by atoms with E-state index in [-0.39, 0.29) is 37.0 Å². The topological polar surface area (TPSA) is 82.0 Å². The zero-order valence-electron chi connectivity index (χ0n) is 43.9. The fourth-order valence-corrected chi connectivity index (χ4v) is 12.5. The molecule has 8 nitrogen and oxygen atoms in total. The summed E-state index contributed by atoms with van der Waals surface area (Å²) in [7, 11) is 0. The van der Waals surface area contributed by atoms with E-state index in [9.17, 15) is 0 Å². The Balaban J connectivity index is 0.772. The van der Waals surface area contributed by atoms with Crippen LogP contribution in [0.25, 0.3) is 77.2 Å². The maximum atomic E-state index is 3.85. The third kappa shape index (κ3) is 8.77. The van der Waals surface area contributed by atoms with Gasteiger partial charge in [0.15, 0.2) is 0 Å². The molecule has 0 radical (unpaired) electrons. The van der Waals surface area contributed by atoms with Gasteiger partial charge in [-0.25, -0.2) is 0 Å².